The van der Waals surface area contributed by atoms with E-state index in [0.717, 1.165) is 17.8 Å². The summed E-state index contributed by atoms with van der Waals surface area (Å²) in [5.74, 6) is -0.206. The molecule has 2 rings (SSSR count). The molecule has 90 valence electrons. The number of rotatable bonds is 4. The Morgan fingerprint density at radius 2 is 2.06 bits per heavy atom. The first-order valence-electron chi connectivity index (χ1n) is 5.63. The molecule has 1 heterocycles. The van der Waals surface area contributed by atoms with Crippen molar-refractivity contribution in [1.29, 1.82) is 0 Å². The first kappa shape index (κ1) is 11.8. The molecule has 0 saturated heterocycles. The fourth-order valence-electron chi connectivity index (χ4n) is 1.78. The highest BCUT2D eigenvalue weighted by molar-refractivity contribution is 5.20. The molecule has 4 heteroatoms. The zero-order valence-electron chi connectivity index (χ0n) is 10.0. The van der Waals surface area contributed by atoms with Crippen LogP contribution < -0.4 is 5.32 Å². The number of hydrogen-bond acceptors (Lipinski definition) is 2. The van der Waals surface area contributed by atoms with Crippen LogP contribution in [-0.2, 0) is 6.54 Å². The SMILES string of the molecule is CNCc1cn(C(C)c2ccc(F)cc2)cn1. The summed E-state index contributed by atoms with van der Waals surface area (Å²) in [4.78, 5) is 4.30. The van der Waals surface area contributed by atoms with E-state index in [1.807, 2.05) is 17.8 Å². The number of aromatic nitrogens is 2. The van der Waals surface area contributed by atoms with Crippen molar-refractivity contribution < 1.29 is 4.39 Å². The minimum Gasteiger partial charge on any atom is -0.330 e. The van der Waals surface area contributed by atoms with Gasteiger partial charge in [0.15, 0.2) is 0 Å². The maximum absolute atomic E-state index is 12.8. The summed E-state index contributed by atoms with van der Waals surface area (Å²) >= 11 is 0. The van der Waals surface area contributed by atoms with Crippen molar-refractivity contribution in [3.63, 3.8) is 0 Å². The lowest BCUT2D eigenvalue weighted by Crippen LogP contribution is -2.06. The van der Waals surface area contributed by atoms with Gasteiger partial charge in [0.2, 0.25) is 0 Å². The molecule has 2 aromatic rings. The molecule has 0 saturated carbocycles. The van der Waals surface area contributed by atoms with Crippen LogP contribution in [0.5, 0.6) is 0 Å². The van der Waals surface area contributed by atoms with E-state index in [4.69, 9.17) is 0 Å². The van der Waals surface area contributed by atoms with Crippen molar-refractivity contribution >= 4 is 0 Å². The first-order chi connectivity index (χ1) is 8.20. The highest BCUT2D eigenvalue weighted by Crippen LogP contribution is 2.18. The smallest absolute Gasteiger partial charge is 0.123 e. The van der Waals surface area contributed by atoms with E-state index in [-0.39, 0.29) is 11.9 Å². The third-order valence-corrected chi connectivity index (χ3v) is 2.81. The van der Waals surface area contributed by atoms with Gasteiger partial charge in [-0.3, -0.25) is 0 Å². The number of benzene rings is 1. The number of halogens is 1. The minimum absolute atomic E-state index is 0.161. The summed E-state index contributed by atoms with van der Waals surface area (Å²) < 4.78 is 14.9. The Balaban J connectivity index is 2.18. The van der Waals surface area contributed by atoms with Crippen LogP contribution in [0, 0.1) is 5.82 Å². The molecule has 0 amide bonds. The van der Waals surface area contributed by atoms with Crippen molar-refractivity contribution in [2.24, 2.45) is 0 Å². The summed E-state index contributed by atoms with van der Waals surface area (Å²) in [5, 5.41) is 3.06. The van der Waals surface area contributed by atoms with Gasteiger partial charge in [-0.1, -0.05) is 12.1 Å². The number of nitrogens with one attached hydrogen (secondary N) is 1. The van der Waals surface area contributed by atoms with Crippen molar-refractivity contribution in [2.45, 2.75) is 19.5 Å². The number of nitrogens with zero attached hydrogens (tertiary/aromatic N) is 2. The standard InChI is InChI=1S/C13H16FN3/c1-10(11-3-5-12(14)6-4-11)17-8-13(7-15-2)16-9-17/h3-6,8-10,15H,7H2,1-2H3. The van der Waals surface area contributed by atoms with Crippen LogP contribution in [0.25, 0.3) is 0 Å². The Kier molecular flexibility index (Phi) is 3.54. The second kappa shape index (κ2) is 5.10. The molecule has 1 aromatic carbocycles. The molecule has 0 fully saturated rings. The van der Waals surface area contributed by atoms with E-state index < -0.39 is 0 Å². The summed E-state index contributed by atoms with van der Waals surface area (Å²) in [7, 11) is 1.89. The molecule has 0 aliphatic rings. The molecule has 0 radical (unpaired) electrons. The monoisotopic (exact) mass is 233 g/mol. The zero-order chi connectivity index (χ0) is 12.3. The van der Waals surface area contributed by atoms with E-state index in [1.165, 1.54) is 12.1 Å². The van der Waals surface area contributed by atoms with Crippen LogP contribution in [0.1, 0.15) is 24.2 Å². The third kappa shape index (κ3) is 2.71. The van der Waals surface area contributed by atoms with Crippen molar-refractivity contribution in [2.75, 3.05) is 7.05 Å². The molecular weight excluding hydrogens is 217 g/mol. The van der Waals surface area contributed by atoms with E-state index in [1.54, 1.807) is 18.5 Å². The van der Waals surface area contributed by atoms with Gasteiger partial charge < -0.3 is 9.88 Å². The highest BCUT2D eigenvalue weighted by Gasteiger charge is 2.08. The Labute approximate surface area is 100 Å². The number of imidazole rings is 1. The zero-order valence-corrected chi connectivity index (χ0v) is 10.0. The molecule has 0 aliphatic carbocycles. The molecule has 0 spiro atoms. The Hall–Kier alpha value is -1.68. The largest absolute Gasteiger partial charge is 0.330 e. The predicted octanol–water partition coefficient (Wildman–Crippen LogP) is 2.35. The van der Waals surface area contributed by atoms with Gasteiger partial charge in [-0.15, -0.1) is 0 Å². The number of hydrogen-bond donors (Lipinski definition) is 1. The van der Waals surface area contributed by atoms with Crippen molar-refractivity contribution in [3.05, 3.63) is 53.9 Å². The van der Waals surface area contributed by atoms with Gasteiger partial charge in [-0.05, 0) is 31.7 Å². The van der Waals surface area contributed by atoms with E-state index in [2.05, 4.69) is 17.2 Å². The Morgan fingerprint density at radius 3 is 2.71 bits per heavy atom. The molecule has 0 bridgehead atoms. The van der Waals surface area contributed by atoms with Gasteiger partial charge in [-0.25, -0.2) is 9.37 Å². The van der Waals surface area contributed by atoms with Crippen molar-refractivity contribution in [3.8, 4) is 0 Å². The van der Waals surface area contributed by atoms with Crippen LogP contribution in [0.3, 0.4) is 0 Å². The predicted molar refractivity (Wildman–Crippen MR) is 65.2 cm³/mol. The van der Waals surface area contributed by atoms with Gasteiger partial charge in [-0.2, -0.15) is 0 Å². The fraction of sp³-hybridized carbons (Fsp3) is 0.308. The summed E-state index contributed by atoms with van der Waals surface area (Å²) in [6.07, 6.45) is 3.81. The van der Waals surface area contributed by atoms with Gasteiger partial charge >= 0.3 is 0 Å². The fourth-order valence-corrected chi connectivity index (χ4v) is 1.78. The van der Waals surface area contributed by atoms with Gasteiger partial charge in [0.25, 0.3) is 0 Å². The van der Waals surface area contributed by atoms with E-state index in [9.17, 15) is 4.39 Å². The lowest BCUT2D eigenvalue weighted by molar-refractivity contribution is 0.615. The lowest BCUT2D eigenvalue weighted by atomic mass is 10.1. The van der Waals surface area contributed by atoms with Crippen LogP contribution in [0.4, 0.5) is 4.39 Å². The van der Waals surface area contributed by atoms with Crippen molar-refractivity contribution in [1.82, 2.24) is 14.9 Å². The minimum atomic E-state index is -0.206. The highest BCUT2D eigenvalue weighted by atomic mass is 19.1. The lowest BCUT2D eigenvalue weighted by Gasteiger charge is -2.13. The maximum atomic E-state index is 12.8. The van der Waals surface area contributed by atoms with Crippen LogP contribution in [-0.4, -0.2) is 16.6 Å². The van der Waals surface area contributed by atoms with Gasteiger partial charge in [0.1, 0.15) is 5.82 Å². The van der Waals surface area contributed by atoms with E-state index >= 15 is 0 Å². The molecular formula is C13H16FN3. The quantitative estimate of drug-likeness (QED) is 0.878. The molecule has 3 nitrogen and oxygen atoms in total. The Bertz CT molecular complexity index is 476. The van der Waals surface area contributed by atoms with E-state index in [0.29, 0.717) is 0 Å². The third-order valence-electron chi connectivity index (χ3n) is 2.81. The molecule has 1 unspecified atom stereocenters. The summed E-state index contributed by atoms with van der Waals surface area (Å²) in [6.45, 7) is 2.82. The molecule has 0 aliphatic heterocycles. The molecule has 1 aromatic heterocycles. The topological polar surface area (TPSA) is 29.9 Å². The molecule has 1 atom stereocenters. The average Bonchev–Trinajstić information content (AvgIpc) is 2.78. The van der Waals surface area contributed by atoms with Crippen LogP contribution in [0.2, 0.25) is 0 Å². The van der Waals surface area contributed by atoms with Gasteiger partial charge in [0.05, 0.1) is 18.1 Å². The average molecular weight is 233 g/mol. The van der Waals surface area contributed by atoms with Crippen LogP contribution >= 0.6 is 0 Å². The Morgan fingerprint density at radius 1 is 1.35 bits per heavy atom. The second-order valence-corrected chi connectivity index (χ2v) is 4.07. The maximum Gasteiger partial charge on any atom is 0.123 e. The summed E-state index contributed by atoms with van der Waals surface area (Å²) in [6, 6.07) is 6.73. The van der Waals surface area contributed by atoms with Gasteiger partial charge in [0, 0.05) is 12.7 Å². The van der Waals surface area contributed by atoms with Crippen LogP contribution in [0.15, 0.2) is 36.8 Å². The molecule has 1 N–H and O–H groups in total. The molecule has 17 heavy (non-hydrogen) atoms. The first-order valence-corrected chi connectivity index (χ1v) is 5.63. The second-order valence-electron chi connectivity index (χ2n) is 4.07. The summed E-state index contributed by atoms with van der Waals surface area (Å²) in [5.41, 5.74) is 2.07. The normalized spacial score (nSPS) is 12.6.